The van der Waals surface area contributed by atoms with E-state index in [1.807, 2.05) is 29.3 Å². The molecule has 1 saturated heterocycles. The molecule has 1 aromatic carbocycles. The summed E-state index contributed by atoms with van der Waals surface area (Å²) in [5.74, 6) is 0.578. The molecule has 0 radical (unpaired) electrons. The molecule has 1 aliphatic heterocycles. The van der Waals surface area contributed by atoms with Crippen LogP contribution in [0.4, 0.5) is 4.79 Å². The predicted octanol–water partition coefficient (Wildman–Crippen LogP) is 4.18. The molecule has 2 amide bonds. The second-order valence-electron chi connectivity index (χ2n) is 6.67. The van der Waals surface area contributed by atoms with Gasteiger partial charge >= 0.3 is 6.03 Å². The topological polar surface area (TPSA) is 44.4 Å². The van der Waals surface area contributed by atoms with Crippen molar-refractivity contribution in [3.05, 3.63) is 52.2 Å². The molecule has 1 aliphatic rings. The molecule has 0 saturated carbocycles. The molecule has 2 heterocycles. The van der Waals surface area contributed by atoms with Crippen LogP contribution >= 0.6 is 23.1 Å². The summed E-state index contributed by atoms with van der Waals surface area (Å²) in [4.78, 5) is 17.0. The van der Waals surface area contributed by atoms with Crippen LogP contribution in [0.5, 0.6) is 0 Å². The molecule has 140 valence electrons. The molecule has 6 heteroatoms. The van der Waals surface area contributed by atoms with Gasteiger partial charge in [-0.2, -0.15) is 0 Å². The zero-order valence-corrected chi connectivity index (χ0v) is 16.9. The van der Waals surface area contributed by atoms with Crippen molar-refractivity contribution in [2.24, 2.45) is 5.92 Å². The molecule has 4 nitrogen and oxygen atoms in total. The summed E-state index contributed by atoms with van der Waals surface area (Å²) in [5.41, 5.74) is 1.42. The minimum absolute atomic E-state index is 0.0604. The maximum absolute atomic E-state index is 11.9. The van der Waals surface area contributed by atoms with Crippen LogP contribution in [-0.2, 0) is 13.1 Å². The van der Waals surface area contributed by atoms with E-state index in [1.54, 1.807) is 11.3 Å². The molecule has 0 unspecified atom stereocenters. The van der Waals surface area contributed by atoms with Crippen molar-refractivity contribution in [1.82, 2.24) is 15.5 Å². The summed E-state index contributed by atoms with van der Waals surface area (Å²) >= 11 is 3.48. The van der Waals surface area contributed by atoms with Crippen LogP contribution < -0.4 is 10.6 Å². The van der Waals surface area contributed by atoms with Crippen LogP contribution in [0, 0.1) is 5.92 Å². The van der Waals surface area contributed by atoms with E-state index >= 15 is 0 Å². The standard InChI is InChI=1S/C20H27N3OS2/c1-25-19-7-3-2-5-17(19)15-23-10-8-16(9-11-23)13-21-20(24)22-14-18-6-4-12-26-18/h2-7,12,16H,8-11,13-15H2,1H3,(H2,21,22,24). The maximum atomic E-state index is 11.9. The highest BCUT2D eigenvalue weighted by Gasteiger charge is 2.20. The quantitative estimate of drug-likeness (QED) is 0.698. The van der Waals surface area contributed by atoms with E-state index in [4.69, 9.17) is 0 Å². The monoisotopic (exact) mass is 389 g/mol. The van der Waals surface area contributed by atoms with E-state index in [2.05, 4.69) is 46.1 Å². The number of carbonyl (C=O) groups excluding carboxylic acids is 1. The minimum atomic E-state index is -0.0604. The third kappa shape index (κ3) is 5.76. The second kappa shape index (κ2) is 10.00. The van der Waals surface area contributed by atoms with Crippen LogP contribution in [-0.4, -0.2) is 36.8 Å². The van der Waals surface area contributed by atoms with Gasteiger partial charge in [0.15, 0.2) is 0 Å². The molecule has 0 atom stereocenters. The number of hydrogen-bond acceptors (Lipinski definition) is 4. The summed E-state index contributed by atoms with van der Waals surface area (Å²) in [6, 6.07) is 12.6. The van der Waals surface area contributed by atoms with Gasteiger partial charge in [-0.25, -0.2) is 4.79 Å². The highest BCUT2D eigenvalue weighted by Crippen LogP contribution is 2.24. The molecule has 0 spiro atoms. The smallest absolute Gasteiger partial charge is 0.315 e. The third-order valence-corrected chi connectivity index (χ3v) is 6.56. The van der Waals surface area contributed by atoms with Gasteiger partial charge in [-0.3, -0.25) is 4.90 Å². The number of likely N-dealkylation sites (tertiary alicyclic amines) is 1. The number of amides is 2. The van der Waals surface area contributed by atoms with E-state index in [0.717, 1.165) is 39.0 Å². The van der Waals surface area contributed by atoms with Crippen molar-refractivity contribution in [3.8, 4) is 0 Å². The van der Waals surface area contributed by atoms with Gasteiger partial charge in [0, 0.05) is 22.9 Å². The number of hydrogen-bond donors (Lipinski definition) is 2. The number of urea groups is 1. The molecule has 2 N–H and O–H groups in total. The van der Waals surface area contributed by atoms with Gasteiger partial charge in [0.05, 0.1) is 6.54 Å². The average Bonchev–Trinajstić information content (AvgIpc) is 3.20. The number of thiophene rings is 1. The van der Waals surface area contributed by atoms with Gasteiger partial charge in [-0.05, 0) is 61.2 Å². The Balaban J connectivity index is 1.35. The van der Waals surface area contributed by atoms with Gasteiger partial charge in [0.1, 0.15) is 0 Å². The fraction of sp³-hybridized carbons (Fsp3) is 0.450. The molecule has 2 aromatic rings. The largest absolute Gasteiger partial charge is 0.338 e. The van der Waals surface area contributed by atoms with Crippen LogP contribution in [0.3, 0.4) is 0 Å². The highest BCUT2D eigenvalue weighted by atomic mass is 32.2. The molecular formula is C20H27N3OS2. The molecule has 0 aliphatic carbocycles. The fourth-order valence-electron chi connectivity index (χ4n) is 3.30. The lowest BCUT2D eigenvalue weighted by Crippen LogP contribution is -2.41. The van der Waals surface area contributed by atoms with E-state index < -0.39 is 0 Å². The number of carbonyl (C=O) groups is 1. The molecular weight excluding hydrogens is 362 g/mol. The lowest BCUT2D eigenvalue weighted by molar-refractivity contribution is 0.174. The van der Waals surface area contributed by atoms with Gasteiger partial charge < -0.3 is 10.6 Å². The Morgan fingerprint density at radius 2 is 2.00 bits per heavy atom. The lowest BCUT2D eigenvalue weighted by Gasteiger charge is -2.32. The minimum Gasteiger partial charge on any atom is -0.338 e. The van der Waals surface area contributed by atoms with Gasteiger partial charge in [-0.15, -0.1) is 23.1 Å². The zero-order valence-electron chi connectivity index (χ0n) is 15.2. The number of rotatable bonds is 7. The summed E-state index contributed by atoms with van der Waals surface area (Å²) in [6.45, 7) is 4.61. The fourth-order valence-corrected chi connectivity index (χ4v) is 4.56. The molecule has 0 bridgehead atoms. The first kappa shape index (κ1) is 19.3. The second-order valence-corrected chi connectivity index (χ2v) is 8.55. The maximum Gasteiger partial charge on any atom is 0.315 e. The average molecular weight is 390 g/mol. The van der Waals surface area contributed by atoms with Gasteiger partial charge in [0.2, 0.25) is 0 Å². The number of benzene rings is 1. The Morgan fingerprint density at radius 3 is 2.73 bits per heavy atom. The van der Waals surface area contributed by atoms with Crippen LogP contribution in [0.25, 0.3) is 0 Å². The van der Waals surface area contributed by atoms with E-state index in [9.17, 15) is 4.79 Å². The van der Waals surface area contributed by atoms with Gasteiger partial charge in [0.25, 0.3) is 0 Å². The van der Waals surface area contributed by atoms with Crippen molar-refractivity contribution in [3.63, 3.8) is 0 Å². The Morgan fingerprint density at radius 1 is 1.19 bits per heavy atom. The molecule has 3 rings (SSSR count). The van der Waals surface area contributed by atoms with Crippen LogP contribution in [0.1, 0.15) is 23.3 Å². The van der Waals surface area contributed by atoms with Gasteiger partial charge in [-0.1, -0.05) is 24.3 Å². The summed E-state index contributed by atoms with van der Waals surface area (Å²) in [5, 5.41) is 7.98. The van der Waals surface area contributed by atoms with E-state index in [1.165, 1.54) is 15.3 Å². The third-order valence-electron chi connectivity index (χ3n) is 4.85. The SMILES string of the molecule is CSc1ccccc1CN1CCC(CNC(=O)NCc2cccs2)CC1. The number of thioether (sulfide) groups is 1. The number of nitrogens with one attached hydrogen (secondary N) is 2. The Labute approximate surface area is 164 Å². The molecule has 1 aromatic heterocycles. The van der Waals surface area contributed by atoms with Crippen molar-refractivity contribution in [2.75, 3.05) is 25.9 Å². The first-order valence-corrected chi connectivity index (χ1v) is 11.2. The van der Waals surface area contributed by atoms with Crippen molar-refractivity contribution in [2.45, 2.75) is 30.8 Å². The zero-order chi connectivity index (χ0) is 18.2. The van der Waals surface area contributed by atoms with Crippen molar-refractivity contribution >= 4 is 29.1 Å². The Bertz CT molecular complexity index is 682. The van der Waals surface area contributed by atoms with Crippen molar-refractivity contribution < 1.29 is 4.79 Å². The summed E-state index contributed by atoms with van der Waals surface area (Å²) < 4.78 is 0. The van der Waals surface area contributed by atoms with Crippen LogP contribution in [0.15, 0.2) is 46.7 Å². The van der Waals surface area contributed by atoms with E-state index in [0.29, 0.717) is 12.5 Å². The Kier molecular flexibility index (Phi) is 7.41. The van der Waals surface area contributed by atoms with Crippen molar-refractivity contribution in [1.29, 1.82) is 0 Å². The Hall–Kier alpha value is -1.50. The van der Waals surface area contributed by atoms with Crippen LogP contribution in [0.2, 0.25) is 0 Å². The summed E-state index contributed by atoms with van der Waals surface area (Å²) in [7, 11) is 0. The molecule has 1 fully saturated rings. The predicted molar refractivity (Wildman–Crippen MR) is 111 cm³/mol. The molecule has 26 heavy (non-hydrogen) atoms. The first-order valence-electron chi connectivity index (χ1n) is 9.13. The first-order chi connectivity index (χ1) is 12.7. The van der Waals surface area contributed by atoms with E-state index in [-0.39, 0.29) is 6.03 Å². The number of nitrogens with zero attached hydrogens (tertiary/aromatic N) is 1. The normalized spacial score (nSPS) is 15.7. The highest BCUT2D eigenvalue weighted by molar-refractivity contribution is 7.98. The number of piperidine rings is 1. The lowest BCUT2D eigenvalue weighted by atomic mass is 9.96. The summed E-state index contributed by atoms with van der Waals surface area (Å²) in [6.07, 6.45) is 4.43.